The second kappa shape index (κ2) is 9.50. The predicted octanol–water partition coefficient (Wildman–Crippen LogP) is 5.67. The lowest BCUT2D eigenvalue weighted by atomic mass is 10.1. The Morgan fingerprint density at radius 3 is 2.33 bits per heavy atom. The maximum Gasteiger partial charge on any atom is 0.335 e. The van der Waals surface area contributed by atoms with Crippen molar-refractivity contribution in [3.63, 3.8) is 0 Å². The molecule has 0 spiro atoms. The number of fused-ring (bicyclic) bond motifs is 1. The molecule has 4 aromatic rings. The van der Waals surface area contributed by atoms with Gasteiger partial charge in [0, 0.05) is 19.2 Å². The lowest BCUT2D eigenvalue weighted by molar-refractivity contribution is 0.0697. The normalized spacial score (nSPS) is 11.0. The molecule has 0 saturated carbocycles. The van der Waals surface area contributed by atoms with Gasteiger partial charge >= 0.3 is 5.97 Å². The first kappa shape index (κ1) is 22.6. The van der Waals surface area contributed by atoms with Gasteiger partial charge in [0.25, 0.3) is 0 Å². The highest BCUT2D eigenvalue weighted by molar-refractivity contribution is 7.22. The number of methoxy groups -OCH3 is 1. The minimum Gasteiger partial charge on any atom is -0.497 e. The summed E-state index contributed by atoms with van der Waals surface area (Å²) in [5.41, 5.74) is 2.05. The van der Waals surface area contributed by atoms with E-state index in [1.165, 1.54) is 12.1 Å². The van der Waals surface area contributed by atoms with E-state index in [-0.39, 0.29) is 15.8 Å². The molecule has 0 unspecified atom stereocenters. The zero-order chi connectivity index (χ0) is 23.5. The van der Waals surface area contributed by atoms with Gasteiger partial charge in [0.05, 0.1) is 22.9 Å². The van der Waals surface area contributed by atoms with E-state index in [1.807, 2.05) is 29.2 Å². The quantitative estimate of drug-likeness (QED) is 0.335. The molecule has 0 amide bonds. The highest BCUT2D eigenvalue weighted by Gasteiger charge is 2.20. The van der Waals surface area contributed by atoms with E-state index in [4.69, 9.17) is 9.84 Å². The number of aromatic nitrogens is 1. The van der Waals surface area contributed by atoms with Crippen LogP contribution < -0.4 is 9.64 Å². The number of ether oxygens (including phenoxy) is 1. The lowest BCUT2D eigenvalue weighted by Crippen LogP contribution is -2.25. The third-order valence-corrected chi connectivity index (χ3v) is 6.31. The van der Waals surface area contributed by atoms with Crippen molar-refractivity contribution in [1.82, 2.24) is 4.98 Å². The topological polar surface area (TPSA) is 62.7 Å². The van der Waals surface area contributed by atoms with Crippen molar-refractivity contribution >= 4 is 32.7 Å². The van der Waals surface area contributed by atoms with Crippen molar-refractivity contribution < 1.29 is 27.8 Å². The van der Waals surface area contributed by atoms with Crippen LogP contribution in [0, 0.1) is 17.5 Å². The Labute approximate surface area is 191 Å². The van der Waals surface area contributed by atoms with Crippen molar-refractivity contribution in [2.24, 2.45) is 0 Å². The second-order valence-electron chi connectivity index (χ2n) is 7.35. The average molecular weight is 472 g/mol. The molecule has 0 aliphatic carbocycles. The Bertz CT molecular complexity index is 1290. The van der Waals surface area contributed by atoms with Crippen LogP contribution in [0.15, 0.2) is 54.6 Å². The number of anilines is 1. The number of nitrogens with zero attached hydrogens (tertiary/aromatic N) is 2. The molecule has 0 radical (unpaired) electrons. The summed E-state index contributed by atoms with van der Waals surface area (Å²) >= 11 is 0.942. The molecule has 0 bridgehead atoms. The first-order valence-electron chi connectivity index (χ1n) is 10.00. The molecule has 170 valence electrons. The van der Waals surface area contributed by atoms with Crippen LogP contribution in [0.3, 0.4) is 0 Å². The van der Waals surface area contributed by atoms with Crippen LogP contribution in [-0.2, 0) is 13.0 Å². The summed E-state index contributed by atoms with van der Waals surface area (Å²) < 4.78 is 46.8. The van der Waals surface area contributed by atoms with Crippen LogP contribution in [0.4, 0.5) is 18.3 Å². The summed E-state index contributed by atoms with van der Waals surface area (Å²) in [5.74, 6) is -4.35. The highest BCUT2D eigenvalue weighted by atomic mass is 32.1. The Kier molecular flexibility index (Phi) is 6.50. The van der Waals surface area contributed by atoms with Crippen molar-refractivity contribution in [3.05, 3.63) is 88.7 Å². The van der Waals surface area contributed by atoms with E-state index in [1.54, 1.807) is 19.2 Å². The summed E-state index contributed by atoms with van der Waals surface area (Å²) in [6.07, 6.45) is 0.623. The maximum atomic E-state index is 14.3. The first-order valence-corrected chi connectivity index (χ1v) is 10.8. The van der Waals surface area contributed by atoms with E-state index in [0.717, 1.165) is 34.3 Å². The van der Waals surface area contributed by atoms with Crippen LogP contribution in [0.5, 0.6) is 5.75 Å². The standard InChI is InChI=1S/C24H19F3N2O3S/c1-32-17-8-4-14(5-9-17)10-11-29(13-15-2-6-16(7-3-15)23(30)31)24-28-19-12-18(25)20(26)21(27)22(19)33-24/h2-9,12H,10-11,13H2,1H3,(H,30,31). The van der Waals surface area contributed by atoms with E-state index in [0.29, 0.717) is 24.6 Å². The summed E-state index contributed by atoms with van der Waals surface area (Å²) in [5, 5.41) is 9.52. The maximum absolute atomic E-state index is 14.3. The number of thiazole rings is 1. The minimum atomic E-state index is -1.52. The Morgan fingerprint density at radius 1 is 1.03 bits per heavy atom. The third-order valence-electron chi connectivity index (χ3n) is 5.18. The Hall–Kier alpha value is -3.59. The van der Waals surface area contributed by atoms with Crippen LogP contribution in [0.2, 0.25) is 0 Å². The van der Waals surface area contributed by atoms with Gasteiger partial charge in [-0.25, -0.2) is 22.9 Å². The predicted molar refractivity (Wildman–Crippen MR) is 121 cm³/mol. The molecule has 1 aromatic heterocycles. The van der Waals surface area contributed by atoms with Gasteiger partial charge in [-0.05, 0) is 41.8 Å². The van der Waals surface area contributed by atoms with E-state index < -0.39 is 23.4 Å². The zero-order valence-electron chi connectivity index (χ0n) is 17.5. The largest absolute Gasteiger partial charge is 0.497 e. The molecule has 0 atom stereocenters. The van der Waals surface area contributed by atoms with Crippen molar-refractivity contribution in [2.75, 3.05) is 18.6 Å². The molecule has 4 rings (SSSR count). The summed E-state index contributed by atoms with van der Waals surface area (Å²) in [6, 6.07) is 14.8. The fourth-order valence-corrected chi connectivity index (χ4v) is 4.37. The molecule has 5 nitrogen and oxygen atoms in total. The van der Waals surface area contributed by atoms with Gasteiger partial charge in [-0.2, -0.15) is 0 Å². The van der Waals surface area contributed by atoms with Crippen molar-refractivity contribution in [1.29, 1.82) is 0 Å². The number of carbonyl (C=O) groups is 1. The monoisotopic (exact) mass is 472 g/mol. The Morgan fingerprint density at radius 2 is 1.70 bits per heavy atom. The van der Waals surface area contributed by atoms with Gasteiger partial charge in [-0.1, -0.05) is 35.6 Å². The van der Waals surface area contributed by atoms with Gasteiger partial charge < -0.3 is 14.7 Å². The molecule has 33 heavy (non-hydrogen) atoms. The second-order valence-corrected chi connectivity index (χ2v) is 8.33. The van der Waals surface area contributed by atoms with Crippen molar-refractivity contribution in [3.8, 4) is 5.75 Å². The number of hydrogen-bond acceptors (Lipinski definition) is 5. The number of rotatable bonds is 8. The molecule has 0 fully saturated rings. The van der Waals surface area contributed by atoms with Crippen LogP contribution in [-0.4, -0.2) is 29.7 Å². The van der Waals surface area contributed by atoms with Gasteiger partial charge in [0.2, 0.25) is 0 Å². The van der Waals surface area contributed by atoms with Gasteiger partial charge in [0.1, 0.15) is 5.75 Å². The number of benzene rings is 3. The molecule has 1 N–H and O–H groups in total. The minimum absolute atomic E-state index is 0.0436. The Balaban J connectivity index is 1.64. The summed E-state index contributed by atoms with van der Waals surface area (Å²) in [7, 11) is 1.59. The number of halogens is 3. The zero-order valence-corrected chi connectivity index (χ0v) is 18.3. The summed E-state index contributed by atoms with van der Waals surface area (Å²) in [6.45, 7) is 0.835. The third kappa shape index (κ3) is 4.93. The van der Waals surface area contributed by atoms with E-state index in [2.05, 4.69) is 4.98 Å². The molecule has 0 aliphatic rings. The van der Waals surface area contributed by atoms with Crippen LogP contribution in [0.25, 0.3) is 10.2 Å². The molecule has 1 heterocycles. The SMILES string of the molecule is COc1ccc(CCN(Cc2ccc(C(=O)O)cc2)c2nc3cc(F)c(F)c(F)c3s2)cc1. The average Bonchev–Trinajstić information content (AvgIpc) is 3.25. The number of carboxylic acids is 1. The first-order chi connectivity index (χ1) is 15.9. The van der Waals surface area contributed by atoms with E-state index >= 15 is 0 Å². The molecule has 9 heteroatoms. The van der Waals surface area contributed by atoms with Crippen molar-refractivity contribution in [2.45, 2.75) is 13.0 Å². The molecule has 0 saturated heterocycles. The van der Waals surface area contributed by atoms with Gasteiger partial charge in [-0.15, -0.1) is 0 Å². The lowest BCUT2D eigenvalue weighted by Gasteiger charge is -2.22. The molecular formula is C24H19F3N2O3S. The molecular weight excluding hydrogens is 453 g/mol. The number of hydrogen-bond donors (Lipinski definition) is 1. The van der Waals surface area contributed by atoms with E-state index in [9.17, 15) is 18.0 Å². The van der Waals surface area contributed by atoms with Gasteiger partial charge in [-0.3, -0.25) is 0 Å². The van der Waals surface area contributed by atoms with Crippen LogP contribution >= 0.6 is 11.3 Å². The summed E-state index contributed by atoms with van der Waals surface area (Å²) in [4.78, 5) is 17.3. The fourth-order valence-electron chi connectivity index (χ4n) is 3.37. The number of carboxylic acid groups (broad SMARTS) is 1. The van der Waals surface area contributed by atoms with Gasteiger partial charge in [0.15, 0.2) is 22.6 Å². The molecule has 3 aromatic carbocycles. The number of aromatic carboxylic acids is 1. The van der Waals surface area contributed by atoms with Crippen LogP contribution in [0.1, 0.15) is 21.5 Å². The highest BCUT2D eigenvalue weighted by Crippen LogP contribution is 2.33. The smallest absolute Gasteiger partial charge is 0.335 e. The molecule has 0 aliphatic heterocycles. The fraction of sp³-hybridized carbons (Fsp3) is 0.167.